The van der Waals surface area contributed by atoms with Crippen LogP contribution in [0, 0.1) is 6.92 Å². The maximum absolute atomic E-state index is 11.5. The molecule has 0 saturated carbocycles. The van der Waals surface area contributed by atoms with E-state index in [2.05, 4.69) is 38.0 Å². The average molecular weight is 427 g/mol. The van der Waals surface area contributed by atoms with Crippen molar-refractivity contribution in [2.75, 3.05) is 31.1 Å². The number of piperazine rings is 1. The van der Waals surface area contributed by atoms with E-state index < -0.39 is 0 Å². The van der Waals surface area contributed by atoms with Gasteiger partial charge >= 0.3 is 0 Å². The molecular formula is C22H27ClN6O. The first-order valence-electron chi connectivity index (χ1n) is 9.90. The monoisotopic (exact) mass is 426 g/mol. The van der Waals surface area contributed by atoms with E-state index >= 15 is 0 Å². The van der Waals surface area contributed by atoms with Crippen LogP contribution in [0.4, 0.5) is 5.82 Å². The summed E-state index contributed by atoms with van der Waals surface area (Å²) in [5.74, 6) is 0.969. The van der Waals surface area contributed by atoms with Crippen molar-refractivity contribution in [3.8, 4) is 11.3 Å². The largest absolute Gasteiger partial charge is 0.352 e. The predicted molar refractivity (Wildman–Crippen MR) is 120 cm³/mol. The number of hydrogen-bond acceptors (Lipinski definition) is 6. The maximum Gasteiger partial charge on any atom is 0.159 e. The minimum Gasteiger partial charge on any atom is -0.352 e. The van der Waals surface area contributed by atoms with Gasteiger partial charge in [-0.15, -0.1) is 12.4 Å². The van der Waals surface area contributed by atoms with E-state index in [9.17, 15) is 4.79 Å². The third-order valence-electron chi connectivity index (χ3n) is 5.42. The maximum atomic E-state index is 11.5. The highest BCUT2D eigenvalue weighted by Crippen LogP contribution is 2.28. The van der Waals surface area contributed by atoms with Gasteiger partial charge in [0.2, 0.25) is 0 Å². The quantitative estimate of drug-likeness (QED) is 0.584. The predicted octanol–water partition coefficient (Wildman–Crippen LogP) is 3.13. The van der Waals surface area contributed by atoms with Gasteiger partial charge < -0.3 is 4.90 Å². The molecule has 0 amide bonds. The van der Waals surface area contributed by atoms with Crippen molar-refractivity contribution in [1.82, 2.24) is 24.6 Å². The molecule has 3 aromatic rings. The van der Waals surface area contributed by atoms with Crippen molar-refractivity contribution in [3.05, 3.63) is 59.7 Å². The Labute approximate surface area is 183 Å². The van der Waals surface area contributed by atoms with Gasteiger partial charge in [-0.05, 0) is 13.8 Å². The molecule has 0 radical (unpaired) electrons. The highest BCUT2D eigenvalue weighted by Gasteiger charge is 2.22. The van der Waals surface area contributed by atoms with E-state index in [1.54, 1.807) is 19.3 Å². The number of hydrogen-bond donors (Lipinski definition) is 0. The third kappa shape index (κ3) is 4.68. The molecule has 2 aromatic heterocycles. The van der Waals surface area contributed by atoms with Crippen LogP contribution in [-0.4, -0.2) is 56.6 Å². The molecule has 0 atom stereocenters. The van der Waals surface area contributed by atoms with Crippen molar-refractivity contribution in [3.63, 3.8) is 0 Å². The number of aryl methyl sites for hydroxylation is 2. The summed E-state index contributed by atoms with van der Waals surface area (Å²) in [6, 6.07) is 7.60. The zero-order valence-corrected chi connectivity index (χ0v) is 18.4. The van der Waals surface area contributed by atoms with Crippen LogP contribution in [0.1, 0.15) is 28.5 Å². The van der Waals surface area contributed by atoms with E-state index in [1.165, 1.54) is 5.56 Å². The number of rotatable bonds is 5. The van der Waals surface area contributed by atoms with Crippen LogP contribution in [0.5, 0.6) is 0 Å². The molecule has 7 nitrogen and oxygen atoms in total. The molecule has 0 N–H and O–H groups in total. The highest BCUT2D eigenvalue weighted by atomic mass is 35.5. The van der Waals surface area contributed by atoms with Crippen molar-refractivity contribution < 1.29 is 4.79 Å². The first-order valence-corrected chi connectivity index (χ1v) is 9.90. The van der Waals surface area contributed by atoms with E-state index in [1.807, 2.05) is 36.0 Å². The van der Waals surface area contributed by atoms with Gasteiger partial charge in [-0.3, -0.25) is 19.4 Å². The number of Topliss-reactive ketones (excluding diaryl/α,β-unsaturated/α-hetero) is 1. The van der Waals surface area contributed by atoms with Gasteiger partial charge in [-0.1, -0.05) is 24.3 Å². The summed E-state index contributed by atoms with van der Waals surface area (Å²) in [5.41, 5.74) is 4.93. The number of carbonyl (C=O) groups excluding carboxylic acids is 1. The SMILES string of the molecule is CC(=O)c1ccc(-c2nccnc2N2CCN(Cc3cn(C)nc3C)CC2)cc1.Cl. The van der Waals surface area contributed by atoms with Gasteiger partial charge in [0.1, 0.15) is 5.69 Å². The van der Waals surface area contributed by atoms with Crippen LogP contribution >= 0.6 is 12.4 Å². The van der Waals surface area contributed by atoms with Gasteiger partial charge in [-0.25, -0.2) is 4.98 Å². The summed E-state index contributed by atoms with van der Waals surface area (Å²) in [6.45, 7) is 8.30. The molecule has 0 spiro atoms. The summed E-state index contributed by atoms with van der Waals surface area (Å²) >= 11 is 0. The van der Waals surface area contributed by atoms with Crippen LogP contribution in [0.3, 0.4) is 0 Å². The molecule has 1 fully saturated rings. The second kappa shape index (κ2) is 9.36. The lowest BCUT2D eigenvalue weighted by Crippen LogP contribution is -2.46. The summed E-state index contributed by atoms with van der Waals surface area (Å²) in [7, 11) is 1.97. The first-order chi connectivity index (χ1) is 14.0. The van der Waals surface area contributed by atoms with Gasteiger partial charge in [0.05, 0.1) is 5.69 Å². The topological polar surface area (TPSA) is 67.2 Å². The molecular weight excluding hydrogens is 400 g/mol. The van der Waals surface area contributed by atoms with E-state index in [4.69, 9.17) is 0 Å². The number of benzene rings is 1. The van der Waals surface area contributed by atoms with Gasteiger partial charge in [0.15, 0.2) is 11.6 Å². The third-order valence-corrected chi connectivity index (χ3v) is 5.42. The molecule has 1 aromatic carbocycles. The molecule has 1 saturated heterocycles. The van der Waals surface area contributed by atoms with Crippen molar-refractivity contribution in [2.45, 2.75) is 20.4 Å². The molecule has 30 heavy (non-hydrogen) atoms. The first kappa shape index (κ1) is 21.9. The van der Waals surface area contributed by atoms with E-state index in [0.29, 0.717) is 5.56 Å². The van der Waals surface area contributed by atoms with Gasteiger partial charge in [-0.2, -0.15) is 5.10 Å². The normalized spacial score (nSPS) is 14.4. The minimum absolute atomic E-state index is 0. The van der Waals surface area contributed by atoms with Crippen LogP contribution in [0.15, 0.2) is 42.9 Å². The molecule has 8 heteroatoms. The van der Waals surface area contributed by atoms with Gasteiger partial charge in [0, 0.05) is 75.1 Å². The molecule has 0 aliphatic carbocycles. The highest BCUT2D eigenvalue weighted by molar-refractivity contribution is 5.94. The zero-order chi connectivity index (χ0) is 20.4. The molecule has 0 unspecified atom stereocenters. The van der Waals surface area contributed by atoms with E-state index in [0.717, 1.165) is 55.5 Å². The summed E-state index contributed by atoms with van der Waals surface area (Å²) in [5, 5.41) is 4.44. The second-order valence-corrected chi connectivity index (χ2v) is 7.54. The summed E-state index contributed by atoms with van der Waals surface area (Å²) in [6.07, 6.45) is 5.57. The fourth-order valence-corrected chi connectivity index (χ4v) is 3.79. The van der Waals surface area contributed by atoms with Gasteiger partial charge in [0.25, 0.3) is 0 Å². The molecule has 158 valence electrons. The van der Waals surface area contributed by atoms with Crippen LogP contribution < -0.4 is 4.90 Å². The fraction of sp³-hybridized carbons (Fsp3) is 0.364. The Morgan fingerprint density at radius 3 is 2.30 bits per heavy atom. The standard InChI is InChI=1S/C22H26N6O.ClH/c1-16-20(14-26(3)25-16)15-27-10-12-28(13-11-27)22-21(23-8-9-24-22)19-6-4-18(5-7-19)17(2)29;/h4-9,14H,10-13,15H2,1-3H3;1H. The zero-order valence-electron chi connectivity index (χ0n) is 17.6. The molecule has 1 aliphatic rings. The van der Waals surface area contributed by atoms with Crippen LogP contribution in [-0.2, 0) is 13.6 Å². The molecule has 1 aliphatic heterocycles. The number of anilines is 1. The Morgan fingerprint density at radius 1 is 1.03 bits per heavy atom. The Balaban J connectivity index is 0.00000256. The number of carbonyl (C=O) groups is 1. The van der Waals surface area contributed by atoms with E-state index in [-0.39, 0.29) is 18.2 Å². The summed E-state index contributed by atoms with van der Waals surface area (Å²) in [4.78, 5) is 25.5. The number of nitrogens with zero attached hydrogens (tertiary/aromatic N) is 6. The lowest BCUT2D eigenvalue weighted by molar-refractivity contribution is 0.101. The fourth-order valence-electron chi connectivity index (χ4n) is 3.79. The Hall–Kier alpha value is -2.77. The lowest BCUT2D eigenvalue weighted by Gasteiger charge is -2.35. The number of halogens is 1. The van der Waals surface area contributed by atoms with Crippen molar-refractivity contribution in [1.29, 1.82) is 0 Å². The smallest absolute Gasteiger partial charge is 0.159 e. The minimum atomic E-state index is 0. The van der Waals surface area contributed by atoms with Crippen LogP contribution in [0.2, 0.25) is 0 Å². The lowest BCUT2D eigenvalue weighted by atomic mass is 10.1. The Bertz CT molecular complexity index is 1010. The molecule has 4 rings (SSSR count). The van der Waals surface area contributed by atoms with Crippen molar-refractivity contribution in [2.24, 2.45) is 7.05 Å². The Morgan fingerprint density at radius 2 is 1.70 bits per heavy atom. The number of aromatic nitrogens is 4. The van der Waals surface area contributed by atoms with Crippen molar-refractivity contribution >= 4 is 24.0 Å². The average Bonchev–Trinajstić information content (AvgIpc) is 3.05. The van der Waals surface area contributed by atoms with Crippen LogP contribution in [0.25, 0.3) is 11.3 Å². The molecule has 3 heterocycles. The number of ketones is 1. The second-order valence-electron chi connectivity index (χ2n) is 7.54. The Kier molecular flexibility index (Phi) is 6.84. The molecule has 0 bridgehead atoms. The summed E-state index contributed by atoms with van der Waals surface area (Å²) < 4.78 is 1.88.